The number of hydrogen-bond acceptors (Lipinski definition) is 4. The van der Waals surface area contributed by atoms with Crippen LogP contribution >= 0.6 is 0 Å². The molecule has 0 spiro atoms. The van der Waals surface area contributed by atoms with Crippen LogP contribution in [0.2, 0.25) is 0 Å². The largest absolute Gasteiger partial charge is 0.345 e. The van der Waals surface area contributed by atoms with Crippen molar-refractivity contribution in [2.75, 3.05) is 0 Å². The van der Waals surface area contributed by atoms with Crippen LogP contribution in [0.25, 0.3) is 11.0 Å². The van der Waals surface area contributed by atoms with Gasteiger partial charge in [-0.15, -0.1) is 0 Å². The van der Waals surface area contributed by atoms with Gasteiger partial charge in [0.1, 0.15) is 11.9 Å². The van der Waals surface area contributed by atoms with Crippen LogP contribution in [0, 0.1) is 0 Å². The second-order valence-electron chi connectivity index (χ2n) is 6.12. The lowest BCUT2D eigenvalue weighted by molar-refractivity contribution is -0.125. The molecule has 0 saturated heterocycles. The van der Waals surface area contributed by atoms with Gasteiger partial charge in [0.25, 0.3) is 5.56 Å². The molecular weight excluding hydrogens is 306 g/mol. The van der Waals surface area contributed by atoms with E-state index >= 15 is 0 Å². The molecule has 4 rings (SSSR count). The number of aromatic nitrogens is 4. The molecule has 2 N–H and O–H groups in total. The van der Waals surface area contributed by atoms with Gasteiger partial charge in [0.15, 0.2) is 5.65 Å². The fraction of sp³-hybridized carbons (Fsp3) is 0.294. The molecule has 1 aliphatic carbocycles. The van der Waals surface area contributed by atoms with Crippen LogP contribution in [0.3, 0.4) is 0 Å². The fourth-order valence-corrected chi connectivity index (χ4v) is 3.24. The molecule has 7 heteroatoms. The molecule has 0 bridgehead atoms. The summed E-state index contributed by atoms with van der Waals surface area (Å²) < 4.78 is 1.46. The molecule has 3 aromatic rings. The Balaban J connectivity index is 1.56. The monoisotopic (exact) mass is 323 g/mol. The maximum absolute atomic E-state index is 12.5. The molecule has 0 atom stereocenters. The van der Waals surface area contributed by atoms with Crippen LogP contribution < -0.4 is 10.9 Å². The van der Waals surface area contributed by atoms with Crippen molar-refractivity contribution < 1.29 is 4.79 Å². The molecule has 0 radical (unpaired) electrons. The number of rotatable bonds is 4. The molecule has 24 heavy (non-hydrogen) atoms. The minimum Gasteiger partial charge on any atom is -0.345 e. The Hall–Kier alpha value is -2.96. The van der Waals surface area contributed by atoms with Gasteiger partial charge in [0.2, 0.25) is 5.91 Å². The summed E-state index contributed by atoms with van der Waals surface area (Å²) in [5.74, 6) is -0.134. The van der Waals surface area contributed by atoms with Gasteiger partial charge in [-0.3, -0.25) is 9.59 Å². The number of amides is 1. The molecule has 1 amide bonds. The molecule has 1 aromatic carbocycles. The quantitative estimate of drug-likeness (QED) is 0.757. The smallest absolute Gasteiger partial charge is 0.261 e. The van der Waals surface area contributed by atoms with Crippen LogP contribution in [-0.2, 0) is 16.9 Å². The average Bonchev–Trinajstić information content (AvgIpc) is 2.96. The second kappa shape index (κ2) is 5.59. The first-order chi connectivity index (χ1) is 11.7. The highest BCUT2D eigenvalue weighted by atomic mass is 16.2. The summed E-state index contributed by atoms with van der Waals surface area (Å²) in [7, 11) is 0. The summed E-state index contributed by atoms with van der Waals surface area (Å²) in [4.78, 5) is 30.8. The highest BCUT2D eigenvalue weighted by Gasteiger charge is 2.39. The van der Waals surface area contributed by atoms with E-state index in [1.165, 1.54) is 17.2 Å². The molecule has 2 heterocycles. The molecular formula is C17H17N5O2. The predicted octanol–water partition coefficient (Wildman–Crippen LogP) is 1.32. The van der Waals surface area contributed by atoms with E-state index in [2.05, 4.69) is 20.4 Å². The number of hydrogen-bond donors (Lipinski definition) is 2. The van der Waals surface area contributed by atoms with Crippen LogP contribution in [0.15, 0.2) is 47.7 Å². The highest BCUT2D eigenvalue weighted by Crippen LogP contribution is 2.41. The number of H-pyrrole nitrogens is 1. The summed E-state index contributed by atoms with van der Waals surface area (Å²) in [6.07, 6.45) is 5.71. The van der Waals surface area contributed by atoms with E-state index in [9.17, 15) is 9.59 Å². The van der Waals surface area contributed by atoms with Crippen molar-refractivity contribution in [2.24, 2.45) is 0 Å². The Kier molecular flexibility index (Phi) is 3.41. The fourth-order valence-electron chi connectivity index (χ4n) is 3.24. The number of benzene rings is 1. The summed E-state index contributed by atoms with van der Waals surface area (Å²) in [5.41, 5.74) is 0.999. The van der Waals surface area contributed by atoms with Crippen molar-refractivity contribution in [3.63, 3.8) is 0 Å². The predicted molar refractivity (Wildman–Crippen MR) is 88.3 cm³/mol. The minimum atomic E-state index is -0.286. The lowest BCUT2D eigenvalue weighted by Gasteiger charge is -2.43. The lowest BCUT2D eigenvalue weighted by atomic mass is 9.72. The first-order valence-corrected chi connectivity index (χ1v) is 7.94. The van der Waals surface area contributed by atoms with E-state index in [0.717, 1.165) is 24.8 Å². The average molecular weight is 323 g/mol. The Morgan fingerprint density at radius 2 is 2.08 bits per heavy atom. The molecule has 1 fully saturated rings. The van der Waals surface area contributed by atoms with E-state index in [1.807, 2.05) is 30.3 Å². The standard InChI is InChI=1S/C17H17N5O2/c23-14(10-22-15-13(9-20-22)16(24)19-11-18-15)21-17(7-4-8-17)12-5-2-1-3-6-12/h1-3,5-6,9,11H,4,7-8,10H2,(H,21,23)(H,18,19,24). The van der Waals surface area contributed by atoms with E-state index in [-0.39, 0.29) is 23.6 Å². The third kappa shape index (κ3) is 2.38. The summed E-state index contributed by atoms with van der Waals surface area (Å²) in [5, 5.41) is 7.65. The van der Waals surface area contributed by atoms with Gasteiger partial charge >= 0.3 is 0 Å². The molecule has 0 unspecified atom stereocenters. The Bertz CT molecular complexity index is 940. The maximum Gasteiger partial charge on any atom is 0.261 e. The SMILES string of the molecule is O=C(Cn1ncc2c(=O)[nH]cnc21)NC1(c2ccccc2)CCC1. The zero-order valence-corrected chi connectivity index (χ0v) is 13.0. The van der Waals surface area contributed by atoms with Gasteiger partial charge in [-0.1, -0.05) is 30.3 Å². The first-order valence-electron chi connectivity index (χ1n) is 7.94. The number of nitrogens with one attached hydrogen (secondary N) is 2. The van der Waals surface area contributed by atoms with Crippen molar-refractivity contribution in [2.45, 2.75) is 31.3 Å². The first kappa shape index (κ1) is 14.6. The molecule has 2 aromatic heterocycles. The van der Waals surface area contributed by atoms with Gasteiger partial charge in [-0.05, 0) is 24.8 Å². The van der Waals surface area contributed by atoms with Gasteiger partial charge < -0.3 is 10.3 Å². The van der Waals surface area contributed by atoms with E-state index < -0.39 is 0 Å². The summed E-state index contributed by atoms with van der Waals surface area (Å²) >= 11 is 0. The van der Waals surface area contributed by atoms with Crippen molar-refractivity contribution in [3.8, 4) is 0 Å². The molecule has 1 saturated carbocycles. The summed E-state index contributed by atoms with van der Waals surface area (Å²) in [6, 6.07) is 10.0. The zero-order valence-electron chi connectivity index (χ0n) is 13.0. The molecule has 1 aliphatic rings. The van der Waals surface area contributed by atoms with Crippen LogP contribution in [-0.4, -0.2) is 25.7 Å². The van der Waals surface area contributed by atoms with Crippen molar-refractivity contribution >= 4 is 16.9 Å². The third-order valence-electron chi connectivity index (χ3n) is 4.64. The molecule has 0 aliphatic heterocycles. The Morgan fingerprint density at radius 1 is 1.29 bits per heavy atom. The third-order valence-corrected chi connectivity index (χ3v) is 4.64. The maximum atomic E-state index is 12.5. The number of nitrogens with zero attached hydrogens (tertiary/aromatic N) is 3. The van der Waals surface area contributed by atoms with Gasteiger partial charge in [0.05, 0.1) is 18.1 Å². The van der Waals surface area contributed by atoms with E-state index in [4.69, 9.17) is 0 Å². The molecule has 122 valence electrons. The minimum absolute atomic E-state index is 0.0362. The zero-order chi connectivity index (χ0) is 16.6. The number of aromatic amines is 1. The molecule has 7 nitrogen and oxygen atoms in total. The lowest BCUT2D eigenvalue weighted by Crippen LogP contribution is -2.51. The van der Waals surface area contributed by atoms with E-state index in [0.29, 0.717) is 11.0 Å². The van der Waals surface area contributed by atoms with Crippen molar-refractivity contribution in [1.29, 1.82) is 0 Å². The van der Waals surface area contributed by atoms with Gasteiger partial charge in [0, 0.05) is 0 Å². The normalized spacial score (nSPS) is 15.8. The van der Waals surface area contributed by atoms with Gasteiger partial charge in [-0.2, -0.15) is 5.10 Å². The van der Waals surface area contributed by atoms with E-state index in [1.54, 1.807) is 0 Å². The summed E-state index contributed by atoms with van der Waals surface area (Å²) in [6.45, 7) is 0.0362. The van der Waals surface area contributed by atoms with Crippen LogP contribution in [0.4, 0.5) is 0 Å². The Labute approximate surface area is 137 Å². The second-order valence-corrected chi connectivity index (χ2v) is 6.12. The van der Waals surface area contributed by atoms with Crippen molar-refractivity contribution in [1.82, 2.24) is 25.1 Å². The van der Waals surface area contributed by atoms with Crippen LogP contribution in [0.5, 0.6) is 0 Å². The Morgan fingerprint density at radius 3 is 2.79 bits per heavy atom. The van der Waals surface area contributed by atoms with Gasteiger partial charge in [-0.25, -0.2) is 9.67 Å². The number of fused-ring (bicyclic) bond motifs is 1. The number of carbonyl (C=O) groups excluding carboxylic acids is 1. The number of carbonyl (C=O) groups is 1. The van der Waals surface area contributed by atoms with Crippen LogP contribution in [0.1, 0.15) is 24.8 Å². The van der Waals surface area contributed by atoms with Crippen molar-refractivity contribution in [3.05, 3.63) is 58.8 Å². The topological polar surface area (TPSA) is 92.7 Å². The highest BCUT2D eigenvalue weighted by molar-refractivity contribution is 5.80.